The number of carbonyl (C=O) groups excluding carboxylic acids is 1. The Labute approximate surface area is 157 Å². The van der Waals surface area contributed by atoms with Crippen LogP contribution in [0, 0.1) is 11.6 Å². The highest BCUT2D eigenvalue weighted by Gasteiger charge is 2.16. The number of nitrogens with zero attached hydrogens (tertiary/aromatic N) is 1. The molecule has 2 aromatic carbocycles. The van der Waals surface area contributed by atoms with Crippen molar-refractivity contribution in [1.29, 1.82) is 0 Å². The Morgan fingerprint density at radius 2 is 1.77 bits per heavy atom. The Morgan fingerprint density at radius 3 is 2.38 bits per heavy atom. The van der Waals surface area contributed by atoms with Crippen LogP contribution >= 0.6 is 12.6 Å². The van der Waals surface area contributed by atoms with Crippen molar-refractivity contribution < 1.29 is 13.6 Å². The van der Waals surface area contributed by atoms with Crippen molar-refractivity contribution in [2.24, 2.45) is 0 Å². The fourth-order valence-electron chi connectivity index (χ4n) is 2.94. The summed E-state index contributed by atoms with van der Waals surface area (Å²) in [5.74, 6) is -1.89. The quantitative estimate of drug-likeness (QED) is 0.713. The van der Waals surface area contributed by atoms with Crippen LogP contribution in [0.2, 0.25) is 0 Å². The molecule has 1 saturated heterocycles. The largest absolute Gasteiger partial charge is 0.369 e. The lowest BCUT2D eigenvalue weighted by Gasteiger charge is -2.30. The van der Waals surface area contributed by atoms with Gasteiger partial charge in [0.2, 0.25) is 0 Å². The summed E-state index contributed by atoms with van der Waals surface area (Å²) in [5.41, 5.74) is 2.38. The second-order valence-electron chi connectivity index (χ2n) is 6.34. The third-order valence-electron chi connectivity index (χ3n) is 4.29. The minimum atomic E-state index is -0.737. The molecule has 26 heavy (non-hydrogen) atoms. The SMILES string of the molecule is CC(S)c1cc(C(=O)Nc2cc(F)cc(F)c2)cc(N2CCNCC2)c1. The van der Waals surface area contributed by atoms with E-state index in [1.54, 1.807) is 12.1 Å². The number of piperazine rings is 1. The molecule has 1 aliphatic rings. The Morgan fingerprint density at radius 1 is 1.12 bits per heavy atom. The lowest BCUT2D eigenvalue weighted by atomic mass is 10.0. The van der Waals surface area contributed by atoms with E-state index in [2.05, 4.69) is 28.2 Å². The molecule has 1 heterocycles. The highest BCUT2D eigenvalue weighted by Crippen LogP contribution is 2.27. The van der Waals surface area contributed by atoms with Crippen molar-refractivity contribution in [2.45, 2.75) is 12.2 Å². The molecular formula is C19H21F2N3OS. The van der Waals surface area contributed by atoms with Gasteiger partial charge >= 0.3 is 0 Å². The number of amides is 1. The minimum absolute atomic E-state index is 0.0453. The van der Waals surface area contributed by atoms with Crippen molar-refractivity contribution in [3.05, 3.63) is 59.2 Å². The van der Waals surface area contributed by atoms with Gasteiger partial charge in [0.15, 0.2) is 0 Å². The molecule has 2 N–H and O–H groups in total. The van der Waals surface area contributed by atoms with E-state index in [-0.39, 0.29) is 10.9 Å². The normalized spacial score (nSPS) is 15.6. The Bertz CT molecular complexity index is 787. The van der Waals surface area contributed by atoms with Crippen LogP contribution in [-0.4, -0.2) is 32.1 Å². The summed E-state index contributed by atoms with van der Waals surface area (Å²) < 4.78 is 26.7. The molecule has 1 aliphatic heterocycles. The summed E-state index contributed by atoms with van der Waals surface area (Å²) in [7, 11) is 0. The molecule has 1 atom stereocenters. The maximum atomic E-state index is 13.3. The highest BCUT2D eigenvalue weighted by molar-refractivity contribution is 7.80. The fraction of sp³-hybridized carbons (Fsp3) is 0.316. The smallest absolute Gasteiger partial charge is 0.255 e. The van der Waals surface area contributed by atoms with E-state index in [0.717, 1.165) is 55.6 Å². The van der Waals surface area contributed by atoms with Crippen LogP contribution in [0.1, 0.15) is 28.1 Å². The van der Waals surface area contributed by atoms with Gasteiger partial charge in [0.25, 0.3) is 5.91 Å². The monoisotopic (exact) mass is 377 g/mol. The maximum absolute atomic E-state index is 13.3. The average molecular weight is 377 g/mol. The van der Waals surface area contributed by atoms with Crippen LogP contribution in [0.25, 0.3) is 0 Å². The summed E-state index contributed by atoms with van der Waals surface area (Å²) in [6.45, 7) is 5.39. The first-order chi connectivity index (χ1) is 12.4. The van der Waals surface area contributed by atoms with E-state index in [1.165, 1.54) is 0 Å². The van der Waals surface area contributed by atoms with Crippen molar-refractivity contribution in [3.63, 3.8) is 0 Å². The standard InChI is InChI=1S/C19H21F2N3OS/c1-12(26)13-6-14(8-18(7-13)24-4-2-22-3-5-24)19(25)23-17-10-15(20)9-16(21)11-17/h6-12,22,26H,2-5H2,1H3,(H,23,25). The molecule has 7 heteroatoms. The van der Waals surface area contributed by atoms with Crippen LogP contribution in [0.5, 0.6) is 0 Å². The minimum Gasteiger partial charge on any atom is -0.369 e. The summed E-state index contributed by atoms with van der Waals surface area (Å²) in [6, 6.07) is 8.53. The molecule has 0 aliphatic carbocycles. The molecule has 0 radical (unpaired) electrons. The molecular weight excluding hydrogens is 356 g/mol. The zero-order valence-corrected chi connectivity index (χ0v) is 15.3. The first-order valence-electron chi connectivity index (χ1n) is 8.48. The Hall–Kier alpha value is -2.12. The van der Waals surface area contributed by atoms with Crippen LogP contribution in [-0.2, 0) is 0 Å². The number of nitrogens with one attached hydrogen (secondary N) is 2. The summed E-state index contributed by atoms with van der Waals surface area (Å²) >= 11 is 4.48. The second-order valence-corrected chi connectivity index (χ2v) is 7.11. The lowest BCUT2D eigenvalue weighted by Crippen LogP contribution is -2.43. The predicted molar refractivity (Wildman–Crippen MR) is 103 cm³/mol. The van der Waals surface area contributed by atoms with Gasteiger partial charge < -0.3 is 15.5 Å². The molecule has 0 spiro atoms. The number of benzene rings is 2. The van der Waals surface area contributed by atoms with Crippen LogP contribution in [0.15, 0.2) is 36.4 Å². The molecule has 3 rings (SSSR count). The average Bonchev–Trinajstić information content (AvgIpc) is 2.61. The van der Waals surface area contributed by atoms with Crippen molar-refractivity contribution >= 4 is 29.9 Å². The molecule has 1 fully saturated rings. The molecule has 2 aromatic rings. The molecule has 0 bridgehead atoms. The molecule has 1 amide bonds. The maximum Gasteiger partial charge on any atom is 0.255 e. The summed E-state index contributed by atoms with van der Waals surface area (Å²) in [6.07, 6.45) is 0. The van der Waals surface area contributed by atoms with E-state index in [4.69, 9.17) is 0 Å². The zero-order chi connectivity index (χ0) is 18.7. The second kappa shape index (κ2) is 8.05. The van der Waals surface area contributed by atoms with E-state index in [1.807, 2.05) is 13.0 Å². The number of rotatable bonds is 4. The van der Waals surface area contributed by atoms with E-state index in [9.17, 15) is 13.6 Å². The molecule has 1 unspecified atom stereocenters. The van der Waals surface area contributed by atoms with Gasteiger partial charge in [0, 0.05) is 54.4 Å². The van der Waals surface area contributed by atoms with E-state index < -0.39 is 17.5 Å². The van der Waals surface area contributed by atoms with Gasteiger partial charge in [-0.2, -0.15) is 12.6 Å². The number of hydrogen-bond donors (Lipinski definition) is 3. The first kappa shape index (κ1) is 18.7. The van der Waals surface area contributed by atoms with Crippen LogP contribution < -0.4 is 15.5 Å². The van der Waals surface area contributed by atoms with Gasteiger partial charge in [-0.3, -0.25) is 4.79 Å². The Balaban J connectivity index is 1.89. The molecule has 0 saturated carbocycles. The van der Waals surface area contributed by atoms with Gasteiger partial charge in [0.05, 0.1) is 0 Å². The van der Waals surface area contributed by atoms with Gasteiger partial charge in [-0.25, -0.2) is 8.78 Å². The van der Waals surface area contributed by atoms with Crippen LogP contribution in [0.4, 0.5) is 20.2 Å². The number of carbonyl (C=O) groups is 1. The van der Waals surface area contributed by atoms with Gasteiger partial charge in [-0.1, -0.05) is 0 Å². The van der Waals surface area contributed by atoms with Crippen molar-refractivity contribution in [2.75, 3.05) is 36.4 Å². The predicted octanol–water partition coefficient (Wildman–Crippen LogP) is 3.62. The first-order valence-corrected chi connectivity index (χ1v) is 9.00. The topological polar surface area (TPSA) is 44.4 Å². The number of halogens is 2. The molecule has 138 valence electrons. The Kier molecular flexibility index (Phi) is 5.78. The molecule has 0 aromatic heterocycles. The third-order valence-corrected chi connectivity index (χ3v) is 4.59. The summed E-state index contributed by atoms with van der Waals surface area (Å²) in [4.78, 5) is 14.8. The van der Waals surface area contributed by atoms with Crippen LogP contribution in [0.3, 0.4) is 0 Å². The van der Waals surface area contributed by atoms with Crippen molar-refractivity contribution in [1.82, 2.24) is 5.32 Å². The van der Waals surface area contributed by atoms with Gasteiger partial charge in [0.1, 0.15) is 11.6 Å². The van der Waals surface area contributed by atoms with Crippen molar-refractivity contribution in [3.8, 4) is 0 Å². The number of hydrogen-bond acceptors (Lipinski definition) is 4. The fourth-order valence-corrected chi connectivity index (χ4v) is 3.09. The lowest BCUT2D eigenvalue weighted by molar-refractivity contribution is 0.102. The third kappa shape index (κ3) is 4.53. The van der Waals surface area contributed by atoms with Gasteiger partial charge in [-0.05, 0) is 42.8 Å². The highest BCUT2D eigenvalue weighted by atomic mass is 32.1. The molecule has 4 nitrogen and oxygen atoms in total. The summed E-state index contributed by atoms with van der Waals surface area (Å²) in [5, 5.41) is 5.81. The zero-order valence-electron chi connectivity index (χ0n) is 14.4. The van der Waals surface area contributed by atoms with Gasteiger partial charge in [-0.15, -0.1) is 0 Å². The number of anilines is 2. The van der Waals surface area contributed by atoms with E-state index >= 15 is 0 Å². The number of thiol groups is 1. The van der Waals surface area contributed by atoms with E-state index in [0.29, 0.717) is 5.56 Å².